The molecule has 2 N–H and O–H groups in total. The second-order valence-electron chi connectivity index (χ2n) is 6.98. The molecule has 1 atom stereocenters. The summed E-state index contributed by atoms with van der Waals surface area (Å²) >= 11 is 5.97. The highest BCUT2D eigenvalue weighted by atomic mass is 35.5. The standard InChI is InChI=1S/C17H27ClN2/c1-17(2,3)14-8-10-20(11-9-14)16(12-19)13-4-6-15(18)7-5-13/h4-7,14,16H,8-12,19H2,1-3H3. The summed E-state index contributed by atoms with van der Waals surface area (Å²) in [6, 6.07) is 8.46. The number of nitrogens with two attached hydrogens (primary N) is 1. The lowest BCUT2D eigenvalue weighted by Crippen LogP contribution is -2.42. The highest BCUT2D eigenvalue weighted by molar-refractivity contribution is 6.30. The van der Waals surface area contributed by atoms with Crippen molar-refractivity contribution in [1.29, 1.82) is 0 Å². The molecule has 2 nitrogen and oxygen atoms in total. The Morgan fingerprint density at radius 1 is 1.20 bits per heavy atom. The van der Waals surface area contributed by atoms with Crippen molar-refractivity contribution in [3.8, 4) is 0 Å². The molecule has 1 aliphatic heterocycles. The summed E-state index contributed by atoms with van der Waals surface area (Å²) in [5.74, 6) is 0.822. The van der Waals surface area contributed by atoms with Gasteiger partial charge in [-0.1, -0.05) is 44.5 Å². The van der Waals surface area contributed by atoms with E-state index in [9.17, 15) is 0 Å². The van der Waals surface area contributed by atoms with Gasteiger partial charge in [0.15, 0.2) is 0 Å². The van der Waals surface area contributed by atoms with E-state index in [1.807, 2.05) is 12.1 Å². The molecule has 112 valence electrons. The number of hydrogen-bond acceptors (Lipinski definition) is 2. The van der Waals surface area contributed by atoms with Crippen LogP contribution in [-0.2, 0) is 0 Å². The molecule has 1 aliphatic rings. The Labute approximate surface area is 128 Å². The first-order chi connectivity index (χ1) is 9.41. The first-order valence-corrected chi connectivity index (χ1v) is 7.99. The number of hydrogen-bond donors (Lipinski definition) is 1. The maximum absolute atomic E-state index is 6.02. The number of halogens is 1. The van der Waals surface area contributed by atoms with Crippen molar-refractivity contribution in [2.45, 2.75) is 39.7 Å². The number of rotatable bonds is 3. The molecule has 1 fully saturated rings. The Balaban J connectivity index is 2.02. The van der Waals surface area contributed by atoms with Crippen LogP contribution in [0.2, 0.25) is 5.02 Å². The summed E-state index contributed by atoms with van der Waals surface area (Å²) in [5, 5.41) is 0.788. The van der Waals surface area contributed by atoms with Crippen molar-refractivity contribution in [1.82, 2.24) is 4.90 Å². The van der Waals surface area contributed by atoms with Gasteiger partial charge in [-0.15, -0.1) is 0 Å². The zero-order valence-electron chi connectivity index (χ0n) is 12.9. The Morgan fingerprint density at radius 2 is 1.75 bits per heavy atom. The first-order valence-electron chi connectivity index (χ1n) is 7.61. The van der Waals surface area contributed by atoms with E-state index in [0.717, 1.165) is 24.0 Å². The van der Waals surface area contributed by atoms with Gasteiger partial charge in [0.2, 0.25) is 0 Å². The Morgan fingerprint density at radius 3 is 2.20 bits per heavy atom. The number of piperidine rings is 1. The van der Waals surface area contributed by atoms with Crippen LogP contribution in [0.15, 0.2) is 24.3 Å². The fourth-order valence-electron chi connectivity index (χ4n) is 3.26. The van der Waals surface area contributed by atoms with Crippen molar-refractivity contribution >= 4 is 11.6 Å². The molecule has 2 rings (SSSR count). The summed E-state index contributed by atoms with van der Waals surface area (Å²) in [5.41, 5.74) is 7.72. The predicted octanol–water partition coefficient (Wildman–Crippen LogP) is 4.10. The first kappa shape index (κ1) is 15.8. The SMILES string of the molecule is CC(C)(C)C1CCN(C(CN)c2ccc(Cl)cc2)CC1. The molecular weight excluding hydrogens is 268 g/mol. The van der Waals surface area contributed by atoms with Crippen molar-refractivity contribution < 1.29 is 0 Å². The van der Waals surface area contributed by atoms with Gasteiger partial charge in [0.25, 0.3) is 0 Å². The van der Waals surface area contributed by atoms with E-state index in [-0.39, 0.29) is 0 Å². The summed E-state index contributed by atoms with van der Waals surface area (Å²) in [6.07, 6.45) is 2.54. The topological polar surface area (TPSA) is 29.3 Å². The number of benzene rings is 1. The summed E-state index contributed by atoms with van der Waals surface area (Å²) in [7, 11) is 0. The molecule has 0 aromatic heterocycles. The van der Waals surface area contributed by atoms with Gasteiger partial charge in [0, 0.05) is 17.6 Å². The normalized spacial score (nSPS) is 20.1. The van der Waals surface area contributed by atoms with Crippen LogP contribution in [0.1, 0.15) is 45.2 Å². The van der Waals surface area contributed by atoms with Gasteiger partial charge in [0.05, 0.1) is 0 Å². The molecule has 0 spiro atoms. The van der Waals surface area contributed by atoms with Gasteiger partial charge < -0.3 is 5.73 Å². The third kappa shape index (κ3) is 3.75. The zero-order chi connectivity index (χ0) is 14.8. The van der Waals surface area contributed by atoms with Crippen LogP contribution in [0.4, 0.5) is 0 Å². The lowest BCUT2D eigenvalue weighted by atomic mass is 9.75. The molecular formula is C17H27ClN2. The van der Waals surface area contributed by atoms with Crippen LogP contribution in [0, 0.1) is 11.3 Å². The van der Waals surface area contributed by atoms with E-state index in [2.05, 4.69) is 37.8 Å². The van der Waals surface area contributed by atoms with Crippen molar-refractivity contribution in [3.63, 3.8) is 0 Å². The monoisotopic (exact) mass is 294 g/mol. The highest BCUT2D eigenvalue weighted by Crippen LogP contribution is 2.36. The largest absolute Gasteiger partial charge is 0.329 e. The second-order valence-corrected chi connectivity index (χ2v) is 7.42. The van der Waals surface area contributed by atoms with E-state index in [1.165, 1.54) is 18.4 Å². The van der Waals surface area contributed by atoms with Crippen LogP contribution in [0.25, 0.3) is 0 Å². The lowest BCUT2D eigenvalue weighted by Gasteiger charge is -2.41. The second kappa shape index (κ2) is 6.46. The molecule has 1 saturated heterocycles. The third-order valence-corrected chi connectivity index (χ3v) is 4.93. The molecule has 1 aromatic carbocycles. The molecule has 0 saturated carbocycles. The van der Waals surface area contributed by atoms with Gasteiger partial charge in [-0.05, 0) is 55.0 Å². The van der Waals surface area contributed by atoms with E-state index in [0.29, 0.717) is 18.0 Å². The van der Waals surface area contributed by atoms with Crippen LogP contribution in [-0.4, -0.2) is 24.5 Å². The van der Waals surface area contributed by atoms with E-state index in [1.54, 1.807) is 0 Å². The van der Waals surface area contributed by atoms with E-state index < -0.39 is 0 Å². The van der Waals surface area contributed by atoms with Crippen LogP contribution >= 0.6 is 11.6 Å². The molecule has 0 radical (unpaired) electrons. The minimum Gasteiger partial charge on any atom is -0.329 e. The summed E-state index contributed by atoms with van der Waals surface area (Å²) < 4.78 is 0. The van der Waals surface area contributed by atoms with E-state index >= 15 is 0 Å². The molecule has 1 aromatic rings. The smallest absolute Gasteiger partial charge is 0.0470 e. The van der Waals surface area contributed by atoms with Gasteiger partial charge >= 0.3 is 0 Å². The Bertz CT molecular complexity index is 414. The van der Waals surface area contributed by atoms with E-state index in [4.69, 9.17) is 17.3 Å². The summed E-state index contributed by atoms with van der Waals surface area (Å²) in [6.45, 7) is 10.0. The van der Waals surface area contributed by atoms with Crippen molar-refractivity contribution in [3.05, 3.63) is 34.9 Å². The zero-order valence-corrected chi connectivity index (χ0v) is 13.7. The Hall–Kier alpha value is -0.570. The highest BCUT2D eigenvalue weighted by Gasteiger charge is 2.31. The average molecular weight is 295 g/mol. The van der Waals surface area contributed by atoms with Crippen molar-refractivity contribution in [2.24, 2.45) is 17.1 Å². The third-order valence-electron chi connectivity index (χ3n) is 4.67. The fourth-order valence-corrected chi connectivity index (χ4v) is 3.38. The maximum atomic E-state index is 6.02. The van der Waals surface area contributed by atoms with Crippen LogP contribution < -0.4 is 5.73 Å². The molecule has 0 aliphatic carbocycles. The minimum absolute atomic E-state index is 0.327. The molecule has 3 heteroatoms. The van der Waals surface area contributed by atoms with Gasteiger partial charge in [0.1, 0.15) is 0 Å². The van der Waals surface area contributed by atoms with Gasteiger partial charge in [-0.2, -0.15) is 0 Å². The molecule has 0 bridgehead atoms. The average Bonchev–Trinajstić information content (AvgIpc) is 2.41. The molecule has 20 heavy (non-hydrogen) atoms. The fraction of sp³-hybridized carbons (Fsp3) is 0.647. The minimum atomic E-state index is 0.327. The Kier molecular flexibility index (Phi) is 5.11. The molecule has 1 heterocycles. The lowest BCUT2D eigenvalue weighted by molar-refractivity contribution is 0.0846. The maximum Gasteiger partial charge on any atom is 0.0470 e. The van der Waals surface area contributed by atoms with Gasteiger partial charge in [-0.3, -0.25) is 4.90 Å². The van der Waals surface area contributed by atoms with Crippen LogP contribution in [0.3, 0.4) is 0 Å². The summed E-state index contributed by atoms with van der Waals surface area (Å²) in [4.78, 5) is 2.53. The number of nitrogens with zero attached hydrogens (tertiary/aromatic N) is 1. The predicted molar refractivity (Wildman–Crippen MR) is 87.0 cm³/mol. The molecule has 0 amide bonds. The van der Waals surface area contributed by atoms with Crippen LogP contribution in [0.5, 0.6) is 0 Å². The quantitative estimate of drug-likeness (QED) is 0.909. The van der Waals surface area contributed by atoms with Crippen molar-refractivity contribution in [2.75, 3.05) is 19.6 Å². The number of likely N-dealkylation sites (tertiary alicyclic amines) is 1. The van der Waals surface area contributed by atoms with Gasteiger partial charge in [-0.25, -0.2) is 0 Å². The molecule has 1 unspecified atom stereocenters.